The van der Waals surface area contributed by atoms with Crippen molar-refractivity contribution in [1.82, 2.24) is 0 Å². The maximum atomic E-state index is 13.1. The van der Waals surface area contributed by atoms with Gasteiger partial charge in [0.2, 0.25) is 0 Å². The van der Waals surface area contributed by atoms with Crippen molar-refractivity contribution >= 4 is 11.7 Å². The molecule has 0 aliphatic heterocycles. The monoisotopic (exact) mass is 418 g/mol. The zero-order chi connectivity index (χ0) is 22.2. The van der Waals surface area contributed by atoms with E-state index in [0.29, 0.717) is 35.6 Å². The number of carboxylic acids is 1. The van der Waals surface area contributed by atoms with E-state index >= 15 is 0 Å². The molecule has 0 amide bonds. The summed E-state index contributed by atoms with van der Waals surface area (Å²) in [5.41, 5.74) is 3.53. The number of nitrogens with one attached hydrogen (secondary N) is 1. The Morgan fingerprint density at radius 3 is 2.39 bits per heavy atom. The highest BCUT2D eigenvalue weighted by atomic mass is 19.1. The minimum Gasteiger partial charge on any atom is -0.493 e. The van der Waals surface area contributed by atoms with Crippen LogP contribution < -0.4 is 10.1 Å². The fourth-order valence-corrected chi connectivity index (χ4v) is 3.18. The van der Waals surface area contributed by atoms with Crippen LogP contribution in [0.25, 0.3) is 0 Å². The van der Waals surface area contributed by atoms with E-state index in [2.05, 4.69) is 5.32 Å². The molecule has 0 bridgehead atoms. The molecule has 3 rings (SSSR count). The minimum absolute atomic E-state index is 0.291. The van der Waals surface area contributed by atoms with Gasteiger partial charge in [-0.3, -0.25) is 0 Å². The quantitative estimate of drug-likeness (QED) is 0.504. The van der Waals surface area contributed by atoms with Crippen LogP contribution in [0.3, 0.4) is 0 Å². The van der Waals surface area contributed by atoms with Gasteiger partial charge >= 0.3 is 5.97 Å². The molecular formula is C25H23FN2O3. The van der Waals surface area contributed by atoms with Crippen molar-refractivity contribution in [3.63, 3.8) is 0 Å². The highest BCUT2D eigenvalue weighted by Gasteiger charge is 2.24. The predicted molar refractivity (Wildman–Crippen MR) is 117 cm³/mol. The third-order valence-corrected chi connectivity index (χ3v) is 4.93. The SMILES string of the molecule is CCc1ccc(OCCc2ccc(F)cc2)c([C@@H](Nc2ccc(C#N)cc2)C(=O)O)c1. The number of aliphatic carboxylic acids is 1. The summed E-state index contributed by atoms with van der Waals surface area (Å²) in [6.45, 7) is 2.32. The summed E-state index contributed by atoms with van der Waals surface area (Å²) in [4.78, 5) is 12.1. The number of aryl methyl sites for hydroxylation is 1. The van der Waals surface area contributed by atoms with Gasteiger partial charge in [0.05, 0.1) is 18.2 Å². The minimum atomic E-state index is -1.04. The Bertz CT molecular complexity index is 1070. The largest absolute Gasteiger partial charge is 0.493 e. The van der Waals surface area contributed by atoms with Gasteiger partial charge in [-0.1, -0.05) is 25.1 Å². The highest BCUT2D eigenvalue weighted by Crippen LogP contribution is 2.30. The smallest absolute Gasteiger partial charge is 0.330 e. The van der Waals surface area contributed by atoms with Gasteiger partial charge in [0, 0.05) is 17.7 Å². The Morgan fingerprint density at radius 2 is 1.77 bits per heavy atom. The third kappa shape index (κ3) is 5.83. The number of rotatable bonds is 9. The molecule has 1 atom stereocenters. The van der Waals surface area contributed by atoms with Gasteiger partial charge in [-0.15, -0.1) is 0 Å². The summed E-state index contributed by atoms with van der Waals surface area (Å²) in [7, 11) is 0. The Morgan fingerprint density at radius 1 is 1.10 bits per heavy atom. The predicted octanol–water partition coefficient (Wildman–Crippen LogP) is 5.12. The van der Waals surface area contributed by atoms with Gasteiger partial charge in [0.15, 0.2) is 6.04 Å². The lowest BCUT2D eigenvalue weighted by atomic mass is 10.0. The van der Waals surface area contributed by atoms with Gasteiger partial charge in [0.25, 0.3) is 0 Å². The molecule has 0 aromatic heterocycles. The molecule has 158 valence electrons. The van der Waals surface area contributed by atoms with Gasteiger partial charge < -0.3 is 15.2 Å². The summed E-state index contributed by atoms with van der Waals surface area (Å²) in [5, 5.41) is 21.9. The fraction of sp³-hybridized carbons (Fsp3) is 0.200. The van der Waals surface area contributed by atoms with Gasteiger partial charge in [0.1, 0.15) is 11.6 Å². The van der Waals surface area contributed by atoms with E-state index < -0.39 is 12.0 Å². The van der Waals surface area contributed by atoms with E-state index in [9.17, 15) is 14.3 Å². The topological polar surface area (TPSA) is 82.3 Å². The van der Waals surface area contributed by atoms with Crippen LogP contribution in [0.5, 0.6) is 5.75 Å². The Hall–Kier alpha value is -3.85. The lowest BCUT2D eigenvalue weighted by Crippen LogP contribution is -2.22. The summed E-state index contributed by atoms with van der Waals surface area (Å²) in [5.74, 6) is -0.853. The van der Waals surface area contributed by atoms with Crippen LogP contribution in [0, 0.1) is 17.1 Å². The van der Waals surface area contributed by atoms with Crippen molar-refractivity contribution in [3.05, 3.63) is 94.8 Å². The van der Waals surface area contributed by atoms with Gasteiger partial charge in [-0.05, 0) is 66.1 Å². The second kappa shape index (κ2) is 10.3. The first kappa shape index (κ1) is 21.8. The molecule has 3 aromatic carbocycles. The van der Waals surface area contributed by atoms with Crippen molar-refractivity contribution in [2.75, 3.05) is 11.9 Å². The van der Waals surface area contributed by atoms with Crippen LogP contribution in [-0.4, -0.2) is 17.7 Å². The molecule has 0 saturated heterocycles. The zero-order valence-electron chi connectivity index (χ0n) is 17.1. The van der Waals surface area contributed by atoms with Crippen LogP contribution in [0.4, 0.5) is 10.1 Å². The molecule has 0 heterocycles. The van der Waals surface area contributed by atoms with Crippen LogP contribution in [0.1, 0.15) is 35.2 Å². The molecule has 2 N–H and O–H groups in total. The molecule has 0 spiro atoms. The van der Waals surface area contributed by atoms with Crippen molar-refractivity contribution in [2.45, 2.75) is 25.8 Å². The first-order valence-corrected chi connectivity index (χ1v) is 9.99. The van der Waals surface area contributed by atoms with E-state index in [-0.39, 0.29) is 5.82 Å². The average molecular weight is 418 g/mol. The standard InChI is InChI=1S/C25H23FN2O3/c1-2-17-7-12-23(31-14-13-18-3-8-20(26)9-4-18)22(15-17)24(25(29)30)28-21-10-5-19(16-27)6-11-21/h3-12,15,24,28H,2,13-14H2,1H3,(H,29,30)/t24-/m1/s1. The molecule has 31 heavy (non-hydrogen) atoms. The van der Waals surface area contributed by atoms with Crippen molar-refractivity contribution in [1.29, 1.82) is 5.26 Å². The summed E-state index contributed by atoms with van der Waals surface area (Å²) in [6.07, 6.45) is 1.32. The zero-order valence-corrected chi connectivity index (χ0v) is 17.1. The fourth-order valence-electron chi connectivity index (χ4n) is 3.18. The van der Waals surface area contributed by atoms with Crippen LogP contribution >= 0.6 is 0 Å². The number of hydrogen-bond acceptors (Lipinski definition) is 4. The normalized spacial score (nSPS) is 11.4. The van der Waals surface area contributed by atoms with Crippen molar-refractivity contribution < 1.29 is 19.0 Å². The lowest BCUT2D eigenvalue weighted by Gasteiger charge is -2.20. The molecule has 0 saturated carbocycles. The third-order valence-electron chi connectivity index (χ3n) is 4.93. The number of hydrogen-bond donors (Lipinski definition) is 2. The summed E-state index contributed by atoms with van der Waals surface area (Å²) < 4.78 is 19.0. The van der Waals surface area contributed by atoms with E-state index in [1.165, 1.54) is 12.1 Å². The second-order valence-electron chi connectivity index (χ2n) is 7.06. The molecule has 5 nitrogen and oxygen atoms in total. The number of carboxylic acid groups (broad SMARTS) is 1. The summed E-state index contributed by atoms with van der Waals surface area (Å²) >= 11 is 0. The van der Waals surface area contributed by atoms with Crippen molar-refractivity contribution in [2.24, 2.45) is 0 Å². The first-order valence-electron chi connectivity index (χ1n) is 9.99. The number of ether oxygens (including phenoxy) is 1. The van der Waals surface area contributed by atoms with Crippen LogP contribution in [0.2, 0.25) is 0 Å². The molecule has 0 unspecified atom stereocenters. The number of anilines is 1. The molecule has 6 heteroatoms. The lowest BCUT2D eigenvalue weighted by molar-refractivity contribution is -0.138. The van der Waals surface area contributed by atoms with Crippen LogP contribution in [0.15, 0.2) is 66.7 Å². The molecule has 0 fully saturated rings. The molecule has 0 radical (unpaired) electrons. The Labute approximate surface area is 180 Å². The Kier molecular flexibility index (Phi) is 7.23. The Balaban J connectivity index is 1.82. The van der Waals surface area contributed by atoms with E-state index in [1.54, 1.807) is 42.5 Å². The average Bonchev–Trinajstić information content (AvgIpc) is 2.79. The number of carbonyl (C=O) groups is 1. The molecule has 0 aliphatic rings. The van der Waals surface area contributed by atoms with E-state index in [0.717, 1.165) is 17.5 Å². The number of nitriles is 1. The molecule has 3 aromatic rings. The number of halogens is 1. The highest BCUT2D eigenvalue weighted by molar-refractivity contribution is 5.80. The van der Waals surface area contributed by atoms with E-state index in [4.69, 9.17) is 10.00 Å². The van der Waals surface area contributed by atoms with E-state index in [1.807, 2.05) is 25.1 Å². The first-order chi connectivity index (χ1) is 15.0. The second-order valence-corrected chi connectivity index (χ2v) is 7.06. The number of nitrogens with zero attached hydrogens (tertiary/aromatic N) is 1. The van der Waals surface area contributed by atoms with Gasteiger partial charge in [-0.2, -0.15) is 5.26 Å². The van der Waals surface area contributed by atoms with Gasteiger partial charge in [-0.25, -0.2) is 9.18 Å². The van der Waals surface area contributed by atoms with Crippen LogP contribution in [-0.2, 0) is 17.6 Å². The molecular weight excluding hydrogens is 395 g/mol. The van der Waals surface area contributed by atoms with Crippen molar-refractivity contribution in [3.8, 4) is 11.8 Å². The maximum absolute atomic E-state index is 13.1. The summed E-state index contributed by atoms with van der Waals surface area (Å²) in [6, 6.07) is 19.4. The molecule has 0 aliphatic carbocycles. The number of benzene rings is 3. The maximum Gasteiger partial charge on any atom is 0.330 e.